The Bertz CT molecular complexity index is 659. The van der Waals surface area contributed by atoms with Crippen molar-refractivity contribution in [1.82, 2.24) is 4.90 Å². The minimum atomic E-state index is -0.175. The summed E-state index contributed by atoms with van der Waals surface area (Å²) in [6.07, 6.45) is 5.36. The molecule has 1 aromatic carbocycles. The average molecular weight is 297 g/mol. The lowest BCUT2D eigenvalue weighted by Crippen LogP contribution is -2.30. The van der Waals surface area contributed by atoms with Gasteiger partial charge in [0.15, 0.2) is 5.88 Å². The SMILES string of the molecule is C=CC1(C)C(/C=C2\OCCN2C)=[N+](CCC)c2ccccc21. The van der Waals surface area contributed by atoms with Crippen molar-refractivity contribution in [3.8, 4) is 0 Å². The van der Waals surface area contributed by atoms with Gasteiger partial charge in [0.1, 0.15) is 18.6 Å². The van der Waals surface area contributed by atoms with Gasteiger partial charge in [-0.3, -0.25) is 0 Å². The molecule has 0 radical (unpaired) electrons. The smallest absolute Gasteiger partial charge is 0.210 e. The molecule has 22 heavy (non-hydrogen) atoms. The maximum Gasteiger partial charge on any atom is 0.210 e. The third-order valence-electron chi connectivity index (χ3n) is 4.75. The lowest BCUT2D eigenvalue weighted by atomic mass is 9.79. The highest BCUT2D eigenvalue weighted by atomic mass is 16.5. The quantitative estimate of drug-likeness (QED) is 0.625. The molecule has 0 N–H and O–H groups in total. The van der Waals surface area contributed by atoms with E-state index in [1.807, 2.05) is 0 Å². The Morgan fingerprint density at radius 3 is 2.82 bits per heavy atom. The molecule has 1 fully saturated rings. The van der Waals surface area contributed by atoms with E-state index in [4.69, 9.17) is 4.74 Å². The fourth-order valence-electron chi connectivity index (χ4n) is 3.38. The van der Waals surface area contributed by atoms with Gasteiger partial charge in [0, 0.05) is 25.1 Å². The summed E-state index contributed by atoms with van der Waals surface area (Å²) in [5.41, 5.74) is 3.70. The van der Waals surface area contributed by atoms with E-state index in [0.717, 1.165) is 32.0 Å². The first-order valence-corrected chi connectivity index (χ1v) is 8.05. The second-order valence-electron chi connectivity index (χ2n) is 6.21. The molecule has 0 aromatic heterocycles. The zero-order valence-corrected chi connectivity index (χ0v) is 13.8. The van der Waals surface area contributed by atoms with Crippen molar-refractivity contribution in [2.75, 3.05) is 26.7 Å². The molecular formula is C19H25N2O+. The van der Waals surface area contributed by atoms with E-state index in [0.29, 0.717) is 0 Å². The third kappa shape index (κ3) is 2.16. The van der Waals surface area contributed by atoms with Crippen LogP contribution < -0.4 is 0 Å². The summed E-state index contributed by atoms with van der Waals surface area (Å²) >= 11 is 0. The van der Waals surface area contributed by atoms with E-state index in [1.54, 1.807) is 0 Å². The highest BCUT2D eigenvalue weighted by molar-refractivity contribution is 6.05. The Kier molecular flexibility index (Phi) is 3.81. The molecule has 1 unspecified atom stereocenters. The number of ether oxygens (including phenoxy) is 1. The maximum atomic E-state index is 5.80. The van der Waals surface area contributed by atoms with Crippen LogP contribution in [0.2, 0.25) is 0 Å². The topological polar surface area (TPSA) is 15.5 Å². The van der Waals surface area contributed by atoms with Crippen LogP contribution in [0.4, 0.5) is 5.69 Å². The van der Waals surface area contributed by atoms with Crippen LogP contribution in [0.1, 0.15) is 25.8 Å². The van der Waals surface area contributed by atoms with Gasteiger partial charge in [0.25, 0.3) is 0 Å². The first-order chi connectivity index (χ1) is 10.6. The van der Waals surface area contributed by atoms with E-state index < -0.39 is 0 Å². The van der Waals surface area contributed by atoms with Crippen molar-refractivity contribution < 1.29 is 9.31 Å². The van der Waals surface area contributed by atoms with Gasteiger partial charge in [-0.05, 0) is 6.92 Å². The van der Waals surface area contributed by atoms with E-state index in [2.05, 4.69) is 73.4 Å². The van der Waals surface area contributed by atoms with E-state index in [9.17, 15) is 0 Å². The van der Waals surface area contributed by atoms with Crippen LogP contribution in [0.3, 0.4) is 0 Å². The average Bonchev–Trinajstić information content (AvgIpc) is 3.04. The summed E-state index contributed by atoms with van der Waals surface area (Å²) in [5.74, 6) is 0.956. The number of benzene rings is 1. The number of likely N-dealkylation sites (N-methyl/N-ethyl adjacent to an activating group) is 1. The molecule has 0 bridgehead atoms. The summed E-state index contributed by atoms with van der Waals surface area (Å²) in [5, 5.41) is 0. The van der Waals surface area contributed by atoms with Crippen LogP contribution in [-0.4, -0.2) is 41.9 Å². The summed E-state index contributed by atoms with van der Waals surface area (Å²) in [7, 11) is 2.08. The summed E-state index contributed by atoms with van der Waals surface area (Å²) in [6.45, 7) is 11.3. The number of hydrogen-bond donors (Lipinski definition) is 0. The predicted molar refractivity (Wildman–Crippen MR) is 90.7 cm³/mol. The fraction of sp³-hybridized carbons (Fsp3) is 0.421. The van der Waals surface area contributed by atoms with Crippen molar-refractivity contribution in [2.45, 2.75) is 25.7 Å². The predicted octanol–water partition coefficient (Wildman–Crippen LogP) is 3.44. The van der Waals surface area contributed by atoms with Crippen molar-refractivity contribution in [3.05, 3.63) is 54.4 Å². The van der Waals surface area contributed by atoms with Crippen molar-refractivity contribution >= 4 is 11.4 Å². The first kappa shape index (κ1) is 14.9. The van der Waals surface area contributed by atoms with Gasteiger partial charge in [0.2, 0.25) is 11.4 Å². The number of allylic oxidation sites excluding steroid dienone is 2. The highest BCUT2D eigenvalue weighted by Crippen LogP contribution is 2.41. The Morgan fingerprint density at radius 2 is 2.18 bits per heavy atom. The molecule has 0 amide bonds. The molecule has 1 saturated heterocycles. The molecule has 3 rings (SSSR count). The lowest BCUT2D eigenvalue weighted by Gasteiger charge is -2.18. The van der Waals surface area contributed by atoms with Gasteiger partial charge in [-0.25, -0.2) is 0 Å². The van der Waals surface area contributed by atoms with Crippen LogP contribution in [0.15, 0.2) is 48.9 Å². The Hall–Kier alpha value is -2.03. The van der Waals surface area contributed by atoms with E-state index in [-0.39, 0.29) is 5.41 Å². The number of hydrogen-bond acceptors (Lipinski definition) is 2. The minimum Gasteiger partial charge on any atom is -0.477 e. The molecule has 0 spiro atoms. The molecule has 0 saturated carbocycles. The van der Waals surface area contributed by atoms with E-state index >= 15 is 0 Å². The maximum absolute atomic E-state index is 5.80. The molecule has 1 aromatic rings. The molecular weight excluding hydrogens is 272 g/mol. The van der Waals surface area contributed by atoms with Crippen LogP contribution in [0.25, 0.3) is 0 Å². The molecule has 2 heterocycles. The Labute approximate surface area is 133 Å². The van der Waals surface area contributed by atoms with Gasteiger partial charge in [-0.2, -0.15) is 4.58 Å². The third-order valence-corrected chi connectivity index (χ3v) is 4.75. The Balaban J connectivity index is 2.18. The number of para-hydroxylation sites is 1. The summed E-state index contributed by atoms with van der Waals surface area (Å²) in [4.78, 5) is 2.17. The zero-order chi connectivity index (χ0) is 15.7. The normalized spacial score (nSPS) is 25.6. The van der Waals surface area contributed by atoms with E-state index in [1.165, 1.54) is 17.0 Å². The number of nitrogens with zero attached hydrogens (tertiary/aromatic N) is 2. The zero-order valence-electron chi connectivity index (χ0n) is 13.8. The molecule has 2 aliphatic heterocycles. The van der Waals surface area contributed by atoms with Crippen molar-refractivity contribution in [1.29, 1.82) is 0 Å². The second-order valence-corrected chi connectivity index (χ2v) is 6.21. The lowest BCUT2D eigenvalue weighted by molar-refractivity contribution is -0.437. The molecule has 3 heteroatoms. The van der Waals surface area contributed by atoms with Gasteiger partial charge < -0.3 is 9.64 Å². The fourth-order valence-corrected chi connectivity index (χ4v) is 3.38. The second kappa shape index (κ2) is 5.64. The Morgan fingerprint density at radius 1 is 1.41 bits per heavy atom. The van der Waals surface area contributed by atoms with Crippen LogP contribution in [-0.2, 0) is 10.2 Å². The van der Waals surface area contributed by atoms with Gasteiger partial charge in [-0.1, -0.05) is 31.2 Å². The van der Waals surface area contributed by atoms with Gasteiger partial charge >= 0.3 is 0 Å². The largest absolute Gasteiger partial charge is 0.477 e. The molecule has 116 valence electrons. The minimum absolute atomic E-state index is 0.175. The van der Waals surface area contributed by atoms with Crippen LogP contribution >= 0.6 is 0 Å². The van der Waals surface area contributed by atoms with Gasteiger partial charge in [0.05, 0.1) is 12.6 Å². The number of fused-ring (bicyclic) bond motifs is 1. The molecule has 1 atom stereocenters. The first-order valence-electron chi connectivity index (χ1n) is 8.05. The molecule has 3 nitrogen and oxygen atoms in total. The van der Waals surface area contributed by atoms with Crippen LogP contribution in [0.5, 0.6) is 0 Å². The molecule has 0 aliphatic carbocycles. The van der Waals surface area contributed by atoms with Crippen LogP contribution in [0, 0.1) is 0 Å². The highest BCUT2D eigenvalue weighted by Gasteiger charge is 2.46. The standard InChI is InChI=1S/C19H25N2O/c1-5-11-21-16-10-8-7-9-15(16)19(3,6-2)17(21)14-18-20(4)12-13-22-18/h6-10,14H,2,5,11-13H2,1,3-4H3/q+1. The summed E-state index contributed by atoms with van der Waals surface area (Å²) in [6, 6.07) is 8.64. The molecule has 2 aliphatic rings. The monoisotopic (exact) mass is 297 g/mol. The van der Waals surface area contributed by atoms with Crippen molar-refractivity contribution in [2.24, 2.45) is 0 Å². The van der Waals surface area contributed by atoms with Crippen molar-refractivity contribution in [3.63, 3.8) is 0 Å². The summed E-state index contributed by atoms with van der Waals surface area (Å²) < 4.78 is 8.21. The van der Waals surface area contributed by atoms with Gasteiger partial charge in [-0.15, -0.1) is 6.58 Å². The number of rotatable bonds is 4.